The average Bonchev–Trinajstić information content (AvgIpc) is 3.24. The van der Waals surface area contributed by atoms with Crippen molar-refractivity contribution in [2.75, 3.05) is 13.4 Å². The van der Waals surface area contributed by atoms with E-state index in [1.165, 1.54) is 13.2 Å². The lowest BCUT2D eigenvalue weighted by Crippen LogP contribution is -2.16. The van der Waals surface area contributed by atoms with Crippen molar-refractivity contribution in [2.24, 2.45) is 9.98 Å². The maximum atomic E-state index is 14.9. The molecule has 32 heavy (non-hydrogen) atoms. The van der Waals surface area contributed by atoms with E-state index in [1.54, 1.807) is 43.5 Å². The van der Waals surface area contributed by atoms with E-state index in [9.17, 15) is 14.3 Å². The van der Waals surface area contributed by atoms with Crippen molar-refractivity contribution in [3.05, 3.63) is 59.2 Å². The number of amides is 1. The van der Waals surface area contributed by atoms with Gasteiger partial charge in [-0.2, -0.15) is 9.98 Å². The van der Waals surface area contributed by atoms with Crippen LogP contribution < -0.4 is 0 Å². The zero-order chi connectivity index (χ0) is 23.3. The molecule has 3 rings (SSSR count). The Labute approximate surface area is 188 Å². The van der Waals surface area contributed by atoms with E-state index in [-0.39, 0.29) is 16.3 Å². The number of aromatic hydroxyl groups is 1. The predicted molar refractivity (Wildman–Crippen MR) is 121 cm³/mol. The molecule has 1 N–H and O–H groups in total. The van der Waals surface area contributed by atoms with E-state index in [0.717, 1.165) is 11.8 Å². The quantitative estimate of drug-likeness (QED) is 0.420. The lowest BCUT2D eigenvalue weighted by atomic mass is 10.0. The van der Waals surface area contributed by atoms with Gasteiger partial charge >= 0.3 is 6.09 Å². The number of carbonyl (C=O) groups is 1. The highest BCUT2D eigenvalue weighted by atomic mass is 32.2. The van der Waals surface area contributed by atoms with Gasteiger partial charge in [0, 0.05) is 18.1 Å². The van der Waals surface area contributed by atoms with Crippen molar-refractivity contribution < 1.29 is 23.6 Å². The first kappa shape index (κ1) is 23.1. The van der Waals surface area contributed by atoms with E-state index in [4.69, 9.17) is 4.52 Å². The second-order valence-electron chi connectivity index (χ2n) is 6.57. The first-order valence-electron chi connectivity index (χ1n) is 9.58. The minimum absolute atomic E-state index is 0.0247. The SMILES string of the molecule is CCc1cc(O)c(F)c(C(=Nc2ccc(-c3noc(C)n3)cc2)/C(=N/C(=O)OC)SC)c1. The maximum absolute atomic E-state index is 14.9. The fourth-order valence-corrected chi connectivity index (χ4v) is 3.34. The molecule has 166 valence electrons. The number of ether oxygens (including phenoxy) is 1. The summed E-state index contributed by atoms with van der Waals surface area (Å²) in [6.07, 6.45) is 1.40. The molecule has 3 aromatic rings. The summed E-state index contributed by atoms with van der Waals surface area (Å²) in [5, 5.41) is 14.1. The summed E-state index contributed by atoms with van der Waals surface area (Å²) in [7, 11) is 1.20. The number of benzene rings is 2. The number of carbonyl (C=O) groups excluding carboxylic acids is 1. The van der Waals surface area contributed by atoms with Crippen molar-refractivity contribution in [1.82, 2.24) is 10.1 Å². The molecule has 0 aliphatic heterocycles. The number of phenolic OH excluding ortho intramolecular Hbond substituents is 1. The fraction of sp³-hybridized carbons (Fsp3) is 0.227. The summed E-state index contributed by atoms with van der Waals surface area (Å²) in [6, 6.07) is 9.80. The Kier molecular flexibility index (Phi) is 7.37. The molecule has 0 aliphatic rings. The number of hydrogen-bond acceptors (Lipinski definition) is 8. The average molecular weight is 456 g/mol. The molecule has 8 nitrogen and oxygen atoms in total. The van der Waals surface area contributed by atoms with E-state index < -0.39 is 17.7 Å². The number of halogens is 1. The van der Waals surface area contributed by atoms with Gasteiger partial charge in [-0.15, -0.1) is 11.8 Å². The van der Waals surface area contributed by atoms with Gasteiger partial charge in [0.25, 0.3) is 0 Å². The topological polar surface area (TPSA) is 110 Å². The standard InChI is InChI=1S/C22H21FN4O4S/c1-5-13-10-16(18(23)17(28)11-13)19(21(32-4)26-22(29)30-3)25-15-8-6-14(7-9-15)20-24-12(2)31-27-20/h6-11,28H,5H2,1-4H3/b25-19?,26-21-. The van der Waals surface area contributed by atoms with E-state index in [1.807, 2.05) is 6.92 Å². The van der Waals surface area contributed by atoms with Crippen molar-refractivity contribution in [3.8, 4) is 17.1 Å². The summed E-state index contributed by atoms with van der Waals surface area (Å²) >= 11 is 1.10. The number of phenols is 1. The van der Waals surface area contributed by atoms with Gasteiger partial charge in [-0.25, -0.2) is 14.2 Å². The maximum Gasteiger partial charge on any atom is 0.434 e. The Hall–Kier alpha value is -3.53. The second kappa shape index (κ2) is 10.2. The fourth-order valence-electron chi connectivity index (χ4n) is 2.82. The number of aryl methyl sites for hydroxylation is 2. The van der Waals surface area contributed by atoms with Crippen LogP contribution in [0.4, 0.5) is 14.9 Å². The molecule has 0 bridgehead atoms. The zero-order valence-electron chi connectivity index (χ0n) is 17.9. The minimum Gasteiger partial charge on any atom is -0.505 e. The molecule has 0 aliphatic carbocycles. The van der Waals surface area contributed by atoms with Gasteiger partial charge in [-0.3, -0.25) is 0 Å². The third kappa shape index (κ3) is 5.20. The monoisotopic (exact) mass is 456 g/mol. The van der Waals surface area contributed by atoms with Crippen LogP contribution in [0.1, 0.15) is 23.9 Å². The molecule has 1 heterocycles. The Balaban J connectivity index is 2.14. The largest absolute Gasteiger partial charge is 0.505 e. The Morgan fingerprint density at radius 2 is 2.00 bits per heavy atom. The number of rotatable bonds is 5. The van der Waals surface area contributed by atoms with E-state index in [0.29, 0.717) is 35.0 Å². The normalized spacial score (nSPS) is 12.2. The van der Waals surface area contributed by atoms with Crippen LogP contribution in [0.25, 0.3) is 11.4 Å². The first-order valence-corrected chi connectivity index (χ1v) is 10.8. The van der Waals surface area contributed by atoms with Crippen LogP contribution in [0.15, 0.2) is 50.9 Å². The molecular formula is C22H21FN4O4S. The van der Waals surface area contributed by atoms with Gasteiger partial charge in [0.2, 0.25) is 11.7 Å². The molecule has 1 amide bonds. The van der Waals surface area contributed by atoms with Crippen molar-refractivity contribution in [1.29, 1.82) is 0 Å². The van der Waals surface area contributed by atoms with Crippen LogP contribution >= 0.6 is 11.8 Å². The van der Waals surface area contributed by atoms with Gasteiger partial charge in [0.05, 0.1) is 12.8 Å². The lowest BCUT2D eigenvalue weighted by molar-refractivity contribution is 0.183. The third-order valence-corrected chi connectivity index (χ3v) is 5.11. The van der Waals surface area contributed by atoms with Gasteiger partial charge in [-0.1, -0.05) is 12.1 Å². The highest BCUT2D eigenvalue weighted by Crippen LogP contribution is 2.27. The molecular weight excluding hydrogens is 435 g/mol. The minimum atomic E-state index is -0.855. The summed E-state index contributed by atoms with van der Waals surface area (Å²) < 4.78 is 24.6. The zero-order valence-corrected chi connectivity index (χ0v) is 18.7. The van der Waals surface area contributed by atoms with Crippen LogP contribution in [0.3, 0.4) is 0 Å². The number of thioether (sulfide) groups is 1. The molecule has 0 spiro atoms. The highest BCUT2D eigenvalue weighted by Gasteiger charge is 2.21. The molecule has 0 fully saturated rings. The van der Waals surface area contributed by atoms with Crippen LogP contribution in [0.5, 0.6) is 5.75 Å². The molecule has 2 aromatic carbocycles. The van der Waals surface area contributed by atoms with E-state index in [2.05, 4.69) is 24.9 Å². The number of aromatic nitrogens is 2. The van der Waals surface area contributed by atoms with Crippen molar-refractivity contribution >= 4 is 34.3 Å². The van der Waals surface area contributed by atoms with Crippen molar-refractivity contribution in [3.63, 3.8) is 0 Å². The summed E-state index contributed by atoms with van der Waals surface area (Å²) in [5.74, 6) is -0.485. The van der Waals surface area contributed by atoms with Crippen LogP contribution in [0, 0.1) is 12.7 Å². The lowest BCUT2D eigenvalue weighted by Gasteiger charge is -2.12. The number of hydrogen-bond donors (Lipinski definition) is 1. The smallest absolute Gasteiger partial charge is 0.434 e. The number of nitrogens with zero attached hydrogens (tertiary/aromatic N) is 4. The molecule has 0 saturated carbocycles. The van der Waals surface area contributed by atoms with Crippen LogP contribution in [-0.4, -0.2) is 45.5 Å². The molecule has 0 saturated heterocycles. The van der Waals surface area contributed by atoms with Gasteiger partial charge < -0.3 is 14.4 Å². The van der Waals surface area contributed by atoms with Gasteiger partial charge in [-0.05, 0) is 54.6 Å². The van der Waals surface area contributed by atoms with E-state index >= 15 is 0 Å². The highest BCUT2D eigenvalue weighted by molar-refractivity contribution is 8.15. The molecule has 0 atom stereocenters. The second-order valence-corrected chi connectivity index (χ2v) is 7.36. The summed E-state index contributed by atoms with van der Waals surface area (Å²) in [4.78, 5) is 24.4. The number of methoxy groups -OCH3 is 1. The third-order valence-electron chi connectivity index (χ3n) is 4.43. The Morgan fingerprint density at radius 3 is 2.56 bits per heavy atom. The van der Waals surface area contributed by atoms with Crippen LogP contribution in [0.2, 0.25) is 0 Å². The Morgan fingerprint density at radius 1 is 1.28 bits per heavy atom. The number of aliphatic imine (C=N–C) groups is 2. The molecule has 0 unspecified atom stereocenters. The summed E-state index contributed by atoms with van der Waals surface area (Å²) in [5.41, 5.74) is 2.00. The molecule has 0 radical (unpaired) electrons. The van der Waals surface area contributed by atoms with Gasteiger partial charge in [0.1, 0.15) is 10.8 Å². The summed E-state index contributed by atoms with van der Waals surface area (Å²) in [6.45, 7) is 3.57. The van der Waals surface area contributed by atoms with Crippen LogP contribution in [-0.2, 0) is 11.2 Å². The first-order chi connectivity index (χ1) is 15.4. The molecule has 10 heteroatoms. The predicted octanol–water partition coefficient (Wildman–Crippen LogP) is 5.10. The van der Waals surface area contributed by atoms with Crippen molar-refractivity contribution in [2.45, 2.75) is 20.3 Å². The Bertz CT molecular complexity index is 1190. The molecule has 1 aromatic heterocycles. The van der Waals surface area contributed by atoms with Gasteiger partial charge in [0.15, 0.2) is 11.6 Å².